The minimum Gasteiger partial charge on any atom is -0.323 e. The van der Waals surface area contributed by atoms with Crippen molar-refractivity contribution in [3.63, 3.8) is 0 Å². The summed E-state index contributed by atoms with van der Waals surface area (Å²) < 4.78 is 1.32. The molecule has 0 spiro atoms. The van der Waals surface area contributed by atoms with E-state index in [-0.39, 0.29) is 12.1 Å². The molecule has 116 valence electrons. The Balaban J connectivity index is 1.74. The molecule has 0 fully saturated rings. The second kappa shape index (κ2) is 5.53. The molecule has 1 aromatic carbocycles. The molecule has 7 nitrogen and oxygen atoms in total. The Labute approximate surface area is 131 Å². The molecule has 1 N–H and O–H groups in total. The fourth-order valence-corrected chi connectivity index (χ4v) is 2.39. The van der Waals surface area contributed by atoms with Crippen LogP contribution in [0.25, 0.3) is 0 Å². The van der Waals surface area contributed by atoms with Gasteiger partial charge in [0.2, 0.25) is 11.5 Å². The first-order valence-corrected chi connectivity index (χ1v) is 6.89. The van der Waals surface area contributed by atoms with E-state index in [4.69, 9.17) is 0 Å². The van der Waals surface area contributed by atoms with E-state index in [2.05, 4.69) is 5.32 Å². The van der Waals surface area contributed by atoms with E-state index < -0.39 is 17.7 Å². The van der Waals surface area contributed by atoms with Gasteiger partial charge in [0.05, 0.1) is 16.8 Å². The molecular weight excluding hydrogens is 298 g/mol. The smallest absolute Gasteiger partial charge is 0.262 e. The van der Waals surface area contributed by atoms with Crippen molar-refractivity contribution in [3.05, 3.63) is 64.1 Å². The molecule has 2 aromatic rings. The number of carbonyl (C=O) groups excluding carboxylic acids is 3. The highest BCUT2D eigenvalue weighted by Gasteiger charge is 2.36. The predicted molar refractivity (Wildman–Crippen MR) is 82.1 cm³/mol. The van der Waals surface area contributed by atoms with Crippen LogP contribution in [0.2, 0.25) is 0 Å². The van der Waals surface area contributed by atoms with Crippen molar-refractivity contribution < 1.29 is 14.4 Å². The van der Waals surface area contributed by atoms with Gasteiger partial charge in [-0.3, -0.25) is 24.1 Å². The molecule has 0 atom stereocenters. The Morgan fingerprint density at radius 3 is 2.17 bits per heavy atom. The van der Waals surface area contributed by atoms with E-state index in [1.54, 1.807) is 31.3 Å². The molecule has 0 radical (unpaired) electrons. The molecule has 0 bridgehead atoms. The molecule has 2 heterocycles. The van der Waals surface area contributed by atoms with Crippen molar-refractivity contribution in [2.75, 3.05) is 11.9 Å². The van der Waals surface area contributed by atoms with Crippen LogP contribution < -0.4 is 10.9 Å². The second-order valence-corrected chi connectivity index (χ2v) is 5.16. The largest absolute Gasteiger partial charge is 0.323 e. The number of anilines is 1. The maximum absolute atomic E-state index is 12.2. The molecule has 0 unspecified atom stereocenters. The van der Waals surface area contributed by atoms with Crippen molar-refractivity contribution >= 4 is 23.4 Å². The highest BCUT2D eigenvalue weighted by Crippen LogP contribution is 2.22. The van der Waals surface area contributed by atoms with Crippen molar-refractivity contribution in [3.8, 4) is 0 Å². The predicted octanol–water partition coefficient (Wildman–Crippen LogP) is 0.620. The average molecular weight is 311 g/mol. The van der Waals surface area contributed by atoms with Gasteiger partial charge < -0.3 is 9.88 Å². The lowest BCUT2D eigenvalue weighted by atomic mass is 10.1. The van der Waals surface area contributed by atoms with E-state index in [1.165, 1.54) is 22.9 Å². The molecule has 23 heavy (non-hydrogen) atoms. The van der Waals surface area contributed by atoms with Gasteiger partial charge in [-0.25, -0.2) is 0 Å². The molecule has 1 aliphatic heterocycles. The van der Waals surface area contributed by atoms with Gasteiger partial charge in [0, 0.05) is 19.3 Å². The molecular formula is C16H13N3O4. The second-order valence-electron chi connectivity index (χ2n) is 5.16. The first kappa shape index (κ1) is 14.7. The Bertz CT molecular complexity index is 850. The summed E-state index contributed by atoms with van der Waals surface area (Å²) in [5.41, 5.74) is 0.803. The number of pyridine rings is 1. The van der Waals surface area contributed by atoms with Crippen molar-refractivity contribution in [1.29, 1.82) is 0 Å². The third-order valence-electron chi connectivity index (χ3n) is 3.55. The van der Waals surface area contributed by atoms with Gasteiger partial charge in [-0.05, 0) is 18.2 Å². The number of rotatable bonds is 3. The molecule has 3 rings (SSSR count). The van der Waals surface area contributed by atoms with Gasteiger partial charge in [-0.15, -0.1) is 0 Å². The zero-order valence-electron chi connectivity index (χ0n) is 12.3. The number of aryl methyl sites for hydroxylation is 1. The van der Waals surface area contributed by atoms with Gasteiger partial charge in [0.25, 0.3) is 11.8 Å². The number of hydrogen-bond acceptors (Lipinski definition) is 4. The van der Waals surface area contributed by atoms with E-state index in [0.29, 0.717) is 16.8 Å². The number of aromatic nitrogens is 1. The summed E-state index contributed by atoms with van der Waals surface area (Å²) in [5, 5.41) is 2.56. The van der Waals surface area contributed by atoms with Crippen LogP contribution in [0.15, 0.2) is 47.4 Å². The Hall–Kier alpha value is -3.22. The van der Waals surface area contributed by atoms with Crippen LogP contribution in [0.1, 0.15) is 20.7 Å². The van der Waals surface area contributed by atoms with Crippen LogP contribution in [0.5, 0.6) is 0 Å². The summed E-state index contributed by atoms with van der Waals surface area (Å²) in [6.45, 7) is -0.380. The first-order valence-electron chi connectivity index (χ1n) is 6.89. The van der Waals surface area contributed by atoms with E-state index in [1.807, 2.05) is 0 Å². The Morgan fingerprint density at radius 2 is 1.61 bits per heavy atom. The summed E-state index contributed by atoms with van der Waals surface area (Å²) in [6, 6.07) is 9.22. The summed E-state index contributed by atoms with van der Waals surface area (Å²) >= 11 is 0. The summed E-state index contributed by atoms with van der Waals surface area (Å²) in [6.07, 6.45) is 1.46. The van der Waals surface area contributed by atoms with Crippen molar-refractivity contribution in [1.82, 2.24) is 9.47 Å². The number of imide groups is 1. The van der Waals surface area contributed by atoms with Crippen molar-refractivity contribution in [2.45, 2.75) is 0 Å². The number of amides is 3. The van der Waals surface area contributed by atoms with Gasteiger partial charge in [-0.2, -0.15) is 0 Å². The Kier molecular flexibility index (Phi) is 3.53. The van der Waals surface area contributed by atoms with E-state index >= 15 is 0 Å². The maximum atomic E-state index is 12.2. The van der Waals surface area contributed by atoms with Crippen molar-refractivity contribution in [2.24, 2.45) is 7.05 Å². The normalized spacial score (nSPS) is 13.2. The SMILES string of the molecule is Cn1cc(NC(=O)CN2C(=O)c3ccccc3C2=O)ccc1=O. The monoisotopic (exact) mass is 311 g/mol. The van der Waals surface area contributed by atoms with Crippen LogP contribution in [0.3, 0.4) is 0 Å². The Morgan fingerprint density at radius 1 is 1.00 bits per heavy atom. The van der Waals surface area contributed by atoms with Gasteiger partial charge in [0.1, 0.15) is 6.54 Å². The minimum absolute atomic E-state index is 0.205. The molecule has 1 aliphatic rings. The number of nitrogens with zero attached hydrogens (tertiary/aromatic N) is 2. The lowest BCUT2D eigenvalue weighted by Gasteiger charge is -2.13. The fraction of sp³-hybridized carbons (Fsp3) is 0.125. The standard InChI is InChI=1S/C16H13N3O4/c1-18-8-10(6-7-14(18)21)17-13(20)9-19-15(22)11-4-2-3-5-12(11)16(19)23/h2-8H,9H2,1H3,(H,17,20). The van der Waals surface area contributed by atoms with Gasteiger partial charge in [0.15, 0.2) is 0 Å². The summed E-state index contributed by atoms with van der Waals surface area (Å²) in [7, 11) is 1.56. The van der Waals surface area contributed by atoms with Crippen LogP contribution in [0.4, 0.5) is 5.69 Å². The maximum Gasteiger partial charge on any atom is 0.262 e. The third kappa shape index (κ3) is 2.64. The van der Waals surface area contributed by atoms with E-state index in [9.17, 15) is 19.2 Å². The molecule has 0 saturated heterocycles. The van der Waals surface area contributed by atoms with Crippen LogP contribution in [-0.2, 0) is 11.8 Å². The third-order valence-corrected chi connectivity index (χ3v) is 3.55. The zero-order valence-corrected chi connectivity index (χ0v) is 12.3. The topological polar surface area (TPSA) is 88.5 Å². The fourth-order valence-electron chi connectivity index (χ4n) is 2.39. The lowest BCUT2D eigenvalue weighted by Crippen LogP contribution is -2.37. The number of fused-ring (bicyclic) bond motifs is 1. The molecule has 3 amide bonds. The zero-order chi connectivity index (χ0) is 16.6. The average Bonchev–Trinajstić information content (AvgIpc) is 2.76. The highest BCUT2D eigenvalue weighted by molar-refractivity contribution is 6.22. The summed E-state index contributed by atoms with van der Waals surface area (Å²) in [5.74, 6) is -1.49. The number of carbonyl (C=O) groups is 3. The first-order chi connectivity index (χ1) is 11.0. The molecule has 0 aliphatic carbocycles. The number of nitrogens with one attached hydrogen (secondary N) is 1. The lowest BCUT2D eigenvalue weighted by molar-refractivity contribution is -0.116. The molecule has 0 saturated carbocycles. The summed E-state index contributed by atoms with van der Waals surface area (Å²) in [4.78, 5) is 48.6. The van der Waals surface area contributed by atoms with Gasteiger partial charge >= 0.3 is 0 Å². The number of benzene rings is 1. The highest BCUT2D eigenvalue weighted by atomic mass is 16.2. The van der Waals surface area contributed by atoms with E-state index in [0.717, 1.165) is 4.90 Å². The molecule has 1 aromatic heterocycles. The van der Waals surface area contributed by atoms with Crippen LogP contribution in [-0.4, -0.2) is 33.7 Å². The van der Waals surface area contributed by atoms with Crippen LogP contribution >= 0.6 is 0 Å². The minimum atomic E-state index is -0.516. The quantitative estimate of drug-likeness (QED) is 0.842. The number of hydrogen-bond donors (Lipinski definition) is 1. The van der Waals surface area contributed by atoms with Crippen LogP contribution in [0, 0.1) is 0 Å². The van der Waals surface area contributed by atoms with Gasteiger partial charge in [-0.1, -0.05) is 12.1 Å². The molecule has 7 heteroatoms.